The molecule has 0 saturated carbocycles. The van der Waals surface area contributed by atoms with Crippen molar-refractivity contribution in [3.05, 3.63) is 28.0 Å². The number of hydrogen-bond donors (Lipinski definition) is 2. The van der Waals surface area contributed by atoms with Crippen molar-refractivity contribution in [2.75, 3.05) is 5.75 Å². The molecule has 0 saturated heterocycles. The number of allylic oxidation sites excluding steroid dienone is 1. The molecule has 1 heterocycles. The molecule has 2 nitrogen and oxygen atoms in total. The van der Waals surface area contributed by atoms with Crippen molar-refractivity contribution < 1.29 is 9.90 Å². The van der Waals surface area contributed by atoms with Crippen molar-refractivity contribution in [3.63, 3.8) is 0 Å². The van der Waals surface area contributed by atoms with E-state index in [4.69, 9.17) is 5.11 Å². The molecule has 13 heavy (non-hydrogen) atoms. The van der Waals surface area contributed by atoms with Gasteiger partial charge in [-0.05, 0) is 30.4 Å². The minimum Gasteiger partial charge on any atom is -0.477 e. The minimum absolute atomic E-state index is 0.380. The molecule has 0 bridgehead atoms. The fourth-order valence-corrected chi connectivity index (χ4v) is 1.76. The third-order valence-electron chi connectivity index (χ3n) is 1.42. The Labute approximate surface area is 86.3 Å². The molecular formula is C9H10O2S2. The molecule has 0 aliphatic rings. The predicted molar refractivity (Wildman–Crippen MR) is 58.8 cm³/mol. The van der Waals surface area contributed by atoms with E-state index >= 15 is 0 Å². The van der Waals surface area contributed by atoms with Gasteiger partial charge in [-0.3, -0.25) is 0 Å². The van der Waals surface area contributed by atoms with E-state index in [-0.39, 0.29) is 0 Å². The summed E-state index contributed by atoms with van der Waals surface area (Å²) in [6.45, 7) is 0. The molecule has 0 amide bonds. The summed E-state index contributed by atoms with van der Waals surface area (Å²) < 4.78 is 0. The summed E-state index contributed by atoms with van der Waals surface area (Å²) in [5, 5.41) is 8.64. The third kappa shape index (κ3) is 3.24. The molecule has 1 rings (SSSR count). The molecule has 1 N–H and O–H groups in total. The molecule has 0 aliphatic carbocycles. The number of rotatable bonds is 4. The van der Waals surface area contributed by atoms with Crippen molar-refractivity contribution in [2.24, 2.45) is 0 Å². The third-order valence-corrected chi connectivity index (χ3v) is 2.71. The Morgan fingerprint density at radius 3 is 2.92 bits per heavy atom. The lowest BCUT2D eigenvalue weighted by atomic mass is 10.3. The van der Waals surface area contributed by atoms with E-state index in [0.717, 1.165) is 17.1 Å². The Hall–Kier alpha value is -0.740. The predicted octanol–water partition coefficient (Wildman–Crippen LogP) is 2.78. The van der Waals surface area contributed by atoms with Crippen LogP contribution in [0.25, 0.3) is 6.08 Å². The lowest BCUT2D eigenvalue weighted by Crippen LogP contribution is -1.89. The zero-order chi connectivity index (χ0) is 9.68. The maximum atomic E-state index is 10.5. The van der Waals surface area contributed by atoms with E-state index in [1.54, 1.807) is 6.07 Å². The van der Waals surface area contributed by atoms with Gasteiger partial charge in [-0.25, -0.2) is 4.79 Å². The van der Waals surface area contributed by atoms with Crippen LogP contribution in [0.15, 0.2) is 18.2 Å². The van der Waals surface area contributed by atoms with Crippen LogP contribution in [0.3, 0.4) is 0 Å². The number of thiophene rings is 1. The molecule has 70 valence electrons. The van der Waals surface area contributed by atoms with Gasteiger partial charge in [0, 0.05) is 4.88 Å². The summed E-state index contributed by atoms with van der Waals surface area (Å²) >= 11 is 5.34. The van der Waals surface area contributed by atoms with Crippen molar-refractivity contribution >= 4 is 36.0 Å². The number of hydrogen-bond acceptors (Lipinski definition) is 3. The van der Waals surface area contributed by atoms with Crippen LogP contribution < -0.4 is 0 Å². The van der Waals surface area contributed by atoms with Crippen molar-refractivity contribution in [1.82, 2.24) is 0 Å². The van der Waals surface area contributed by atoms with Gasteiger partial charge in [0.15, 0.2) is 0 Å². The number of carboxylic acids is 1. The van der Waals surface area contributed by atoms with Crippen LogP contribution in [0.2, 0.25) is 0 Å². The van der Waals surface area contributed by atoms with Gasteiger partial charge in [-0.15, -0.1) is 11.3 Å². The summed E-state index contributed by atoms with van der Waals surface area (Å²) in [6, 6.07) is 3.43. The molecule has 1 aromatic heterocycles. The molecule has 0 radical (unpaired) electrons. The van der Waals surface area contributed by atoms with E-state index in [0.29, 0.717) is 4.88 Å². The number of aromatic carboxylic acids is 1. The zero-order valence-electron chi connectivity index (χ0n) is 6.93. The highest BCUT2D eigenvalue weighted by Gasteiger charge is 2.04. The number of carboxylic acid groups (broad SMARTS) is 1. The van der Waals surface area contributed by atoms with Gasteiger partial charge in [-0.2, -0.15) is 12.6 Å². The summed E-state index contributed by atoms with van der Waals surface area (Å²) in [6.07, 6.45) is 4.82. The molecule has 0 spiro atoms. The molecule has 1 aromatic rings. The van der Waals surface area contributed by atoms with Gasteiger partial charge in [0.05, 0.1) is 0 Å². The van der Waals surface area contributed by atoms with Crippen LogP contribution in [-0.2, 0) is 0 Å². The number of thiol groups is 1. The molecule has 0 aliphatic heterocycles. The second-order valence-corrected chi connectivity index (χ2v) is 3.98. The quantitative estimate of drug-likeness (QED) is 0.756. The lowest BCUT2D eigenvalue weighted by Gasteiger charge is -1.84. The Bertz CT molecular complexity index is 315. The highest BCUT2D eigenvalue weighted by molar-refractivity contribution is 7.80. The van der Waals surface area contributed by atoms with Crippen molar-refractivity contribution in [2.45, 2.75) is 6.42 Å². The van der Waals surface area contributed by atoms with Crippen LogP contribution in [-0.4, -0.2) is 16.8 Å². The molecule has 0 atom stereocenters. The minimum atomic E-state index is -0.862. The Morgan fingerprint density at radius 2 is 2.38 bits per heavy atom. The molecular weight excluding hydrogens is 204 g/mol. The van der Waals surface area contributed by atoms with Crippen LogP contribution in [0.5, 0.6) is 0 Å². The van der Waals surface area contributed by atoms with Crippen molar-refractivity contribution in [1.29, 1.82) is 0 Å². The fourth-order valence-electron chi connectivity index (χ4n) is 0.831. The Kier molecular flexibility index (Phi) is 4.05. The van der Waals surface area contributed by atoms with Gasteiger partial charge in [0.1, 0.15) is 4.88 Å². The second kappa shape index (κ2) is 5.09. The average Bonchev–Trinajstić information content (AvgIpc) is 2.53. The van der Waals surface area contributed by atoms with Gasteiger partial charge in [0.25, 0.3) is 0 Å². The first-order valence-electron chi connectivity index (χ1n) is 3.84. The normalized spacial score (nSPS) is 10.8. The van der Waals surface area contributed by atoms with Crippen LogP contribution >= 0.6 is 24.0 Å². The van der Waals surface area contributed by atoms with E-state index in [9.17, 15) is 4.79 Å². The highest BCUT2D eigenvalue weighted by atomic mass is 32.1. The Morgan fingerprint density at radius 1 is 1.62 bits per heavy atom. The SMILES string of the molecule is O=C(O)c1ccc(C=CCCS)s1. The largest absolute Gasteiger partial charge is 0.477 e. The van der Waals surface area contributed by atoms with Gasteiger partial charge < -0.3 is 5.11 Å². The van der Waals surface area contributed by atoms with Crippen LogP contribution in [0.4, 0.5) is 0 Å². The van der Waals surface area contributed by atoms with Gasteiger partial charge in [0.2, 0.25) is 0 Å². The van der Waals surface area contributed by atoms with Crippen LogP contribution in [0, 0.1) is 0 Å². The first-order valence-corrected chi connectivity index (χ1v) is 5.29. The zero-order valence-corrected chi connectivity index (χ0v) is 8.65. The summed E-state index contributed by atoms with van der Waals surface area (Å²) in [4.78, 5) is 11.9. The maximum absolute atomic E-state index is 10.5. The van der Waals surface area contributed by atoms with E-state index < -0.39 is 5.97 Å². The van der Waals surface area contributed by atoms with E-state index in [1.165, 1.54) is 11.3 Å². The van der Waals surface area contributed by atoms with Gasteiger partial charge >= 0.3 is 5.97 Å². The van der Waals surface area contributed by atoms with Crippen LogP contribution in [0.1, 0.15) is 21.0 Å². The van der Waals surface area contributed by atoms with Gasteiger partial charge in [-0.1, -0.05) is 6.08 Å². The lowest BCUT2D eigenvalue weighted by molar-refractivity contribution is 0.0702. The number of carbonyl (C=O) groups is 1. The second-order valence-electron chi connectivity index (χ2n) is 2.42. The monoisotopic (exact) mass is 214 g/mol. The molecule has 0 unspecified atom stereocenters. The highest BCUT2D eigenvalue weighted by Crippen LogP contribution is 2.17. The molecule has 0 aromatic carbocycles. The van der Waals surface area contributed by atoms with E-state index in [1.807, 2.05) is 18.2 Å². The fraction of sp³-hybridized carbons (Fsp3) is 0.222. The first-order chi connectivity index (χ1) is 6.24. The smallest absolute Gasteiger partial charge is 0.345 e. The summed E-state index contributed by atoms with van der Waals surface area (Å²) in [7, 11) is 0. The first kappa shape index (κ1) is 10.3. The summed E-state index contributed by atoms with van der Waals surface area (Å²) in [5.41, 5.74) is 0. The molecule has 0 fully saturated rings. The van der Waals surface area contributed by atoms with Crippen molar-refractivity contribution in [3.8, 4) is 0 Å². The average molecular weight is 214 g/mol. The Balaban J connectivity index is 2.64. The standard InChI is InChI=1S/C9H10O2S2/c10-9(11)8-5-4-7(13-8)3-1-2-6-12/h1,3-5,12H,2,6H2,(H,10,11). The van der Waals surface area contributed by atoms with E-state index in [2.05, 4.69) is 12.6 Å². The topological polar surface area (TPSA) is 37.3 Å². The summed E-state index contributed by atoms with van der Waals surface area (Å²) in [5.74, 6) is -0.0490. The molecule has 4 heteroatoms. The maximum Gasteiger partial charge on any atom is 0.345 e.